The van der Waals surface area contributed by atoms with Gasteiger partial charge in [-0.3, -0.25) is 14.5 Å². The summed E-state index contributed by atoms with van der Waals surface area (Å²) in [7, 11) is 0. The molecule has 0 bridgehead atoms. The SMILES string of the molecule is CCCCCCCCC=CCCCCCCCCOC[C@@H](CN1CCC[C@H]1C)OCCOC(=O)CCC(=O)O[C@H]1CC[C@@]2(C)C(=CCC3C2CC[C@@]2(C)C3CC[C@@H]2[C@H](C)CCCC(C)C)C1. The van der Waals surface area contributed by atoms with Crippen molar-refractivity contribution in [2.75, 3.05) is 39.5 Å². The topological polar surface area (TPSA) is 74.3 Å². The first-order chi connectivity index (χ1) is 31.9. The molecule has 1 heterocycles. The van der Waals surface area contributed by atoms with Crippen molar-refractivity contribution >= 4 is 11.9 Å². The standard InChI is InChI=1S/C59H103NO6/c1-8-9-10-11-12-13-14-15-16-17-18-19-20-21-22-23-40-63-45-51(44-60-39-25-28-48(60)5)64-41-42-65-56(61)33-34-57(62)66-50-35-37-58(6)49(43-50)29-30-52-54-32-31-53(47(4)27-24-26-46(2)3)59(54,7)38-36-55(52)58/h15-16,29,46-48,50-55H,8-14,17-28,30-45H2,1-7H3/t47-,48-,50+,51-,52?,53-,54?,55?,58+,59-/m1/s1. The summed E-state index contributed by atoms with van der Waals surface area (Å²) in [6, 6.07) is 0.557. The number of likely N-dealkylation sites (tertiary alicyclic amines) is 1. The maximum absolute atomic E-state index is 13.0. The molecular weight excluding hydrogens is 819 g/mol. The Bertz CT molecular complexity index is 1440. The third-order valence-electron chi connectivity index (χ3n) is 18.0. The highest BCUT2D eigenvalue weighted by molar-refractivity contribution is 5.77. The van der Waals surface area contributed by atoms with Crippen LogP contribution in [0.3, 0.4) is 0 Å². The van der Waals surface area contributed by atoms with E-state index in [0.717, 1.165) is 80.9 Å². The molecule has 3 saturated carbocycles. The average molecular weight is 922 g/mol. The molecule has 4 aliphatic carbocycles. The van der Waals surface area contributed by atoms with Gasteiger partial charge in [0.05, 0.1) is 32.2 Å². The minimum Gasteiger partial charge on any atom is -0.463 e. The van der Waals surface area contributed by atoms with Crippen LogP contribution in [0.5, 0.6) is 0 Å². The summed E-state index contributed by atoms with van der Waals surface area (Å²) < 4.78 is 24.0. The summed E-state index contributed by atoms with van der Waals surface area (Å²) in [6.07, 6.45) is 41.8. The Kier molecular flexibility index (Phi) is 24.7. The fraction of sp³-hybridized carbons (Fsp3) is 0.898. The van der Waals surface area contributed by atoms with Gasteiger partial charge in [0.2, 0.25) is 0 Å². The zero-order chi connectivity index (χ0) is 47.2. The number of unbranched alkanes of at least 4 members (excludes halogenated alkanes) is 12. The number of fused-ring (bicyclic) bond motifs is 5. The number of carbonyl (C=O) groups is 2. The normalized spacial score (nSPS) is 29.7. The van der Waals surface area contributed by atoms with Crippen LogP contribution in [0.2, 0.25) is 0 Å². The van der Waals surface area contributed by atoms with Crippen LogP contribution in [-0.4, -0.2) is 74.6 Å². The number of hydrogen-bond acceptors (Lipinski definition) is 7. The summed E-state index contributed by atoms with van der Waals surface area (Å²) in [5.41, 5.74) is 2.25. The summed E-state index contributed by atoms with van der Waals surface area (Å²) in [5, 5.41) is 0. The number of nitrogens with zero attached hydrogens (tertiary/aromatic N) is 1. The van der Waals surface area contributed by atoms with E-state index in [2.05, 4.69) is 71.6 Å². The van der Waals surface area contributed by atoms with Crippen molar-refractivity contribution < 1.29 is 28.5 Å². The molecule has 0 aromatic carbocycles. The Hall–Kier alpha value is -1.70. The van der Waals surface area contributed by atoms with Crippen LogP contribution in [0.25, 0.3) is 0 Å². The molecule has 0 aromatic heterocycles. The van der Waals surface area contributed by atoms with Crippen molar-refractivity contribution in [3.8, 4) is 0 Å². The molecule has 0 radical (unpaired) electrons. The zero-order valence-corrected chi connectivity index (χ0v) is 44.1. The van der Waals surface area contributed by atoms with Crippen LogP contribution in [0.1, 0.15) is 235 Å². The van der Waals surface area contributed by atoms with Gasteiger partial charge in [-0.05, 0) is 150 Å². The minimum absolute atomic E-state index is 0.0431. The number of allylic oxidation sites excluding steroid dienone is 3. The molecule has 1 saturated heterocycles. The van der Waals surface area contributed by atoms with E-state index >= 15 is 0 Å². The molecule has 7 nitrogen and oxygen atoms in total. The van der Waals surface area contributed by atoms with Gasteiger partial charge in [0, 0.05) is 25.6 Å². The van der Waals surface area contributed by atoms with E-state index in [4.69, 9.17) is 18.9 Å². The molecule has 3 unspecified atom stereocenters. The molecule has 380 valence electrons. The van der Waals surface area contributed by atoms with E-state index in [-0.39, 0.29) is 49.0 Å². The van der Waals surface area contributed by atoms with Crippen LogP contribution >= 0.6 is 0 Å². The van der Waals surface area contributed by atoms with Crippen LogP contribution in [-0.2, 0) is 28.5 Å². The number of esters is 2. The maximum Gasteiger partial charge on any atom is 0.306 e. The number of hydrogen-bond donors (Lipinski definition) is 0. The van der Waals surface area contributed by atoms with Gasteiger partial charge in [-0.25, -0.2) is 0 Å². The number of ether oxygens (including phenoxy) is 4. The molecule has 0 aromatic rings. The van der Waals surface area contributed by atoms with Crippen LogP contribution in [0.15, 0.2) is 23.8 Å². The summed E-state index contributed by atoms with van der Waals surface area (Å²) in [4.78, 5) is 28.3. The molecule has 66 heavy (non-hydrogen) atoms. The van der Waals surface area contributed by atoms with E-state index in [1.807, 2.05) is 0 Å². The summed E-state index contributed by atoms with van der Waals surface area (Å²) in [5.74, 6) is 4.27. The van der Waals surface area contributed by atoms with Crippen LogP contribution in [0.4, 0.5) is 0 Å². The molecule has 1 aliphatic heterocycles. The Morgan fingerprint density at radius 2 is 1.48 bits per heavy atom. The highest BCUT2D eigenvalue weighted by Crippen LogP contribution is 2.67. The van der Waals surface area contributed by atoms with Gasteiger partial charge in [0.15, 0.2) is 0 Å². The maximum atomic E-state index is 13.0. The molecule has 7 heteroatoms. The predicted molar refractivity (Wildman–Crippen MR) is 273 cm³/mol. The Balaban J connectivity index is 0.922. The van der Waals surface area contributed by atoms with Crippen molar-refractivity contribution in [1.82, 2.24) is 4.90 Å². The third kappa shape index (κ3) is 17.3. The van der Waals surface area contributed by atoms with Crippen molar-refractivity contribution in [1.29, 1.82) is 0 Å². The Labute approximate surface area is 406 Å². The first-order valence-electron chi connectivity index (χ1n) is 28.6. The van der Waals surface area contributed by atoms with Crippen molar-refractivity contribution in [2.45, 2.75) is 253 Å². The fourth-order valence-corrected chi connectivity index (χ4v) is 14.0. The lowest BCUT2D eigenvalue weighted by atomic mass is 9.47. The van der Waals surface area contributed by atoms with E-state index in [9.17, 15) is 9.59 Å². The smallest absolute Gasteiger partial charge is 0.306 e. The minimum atomic E-state index is -0.364. The average Bonchev–Trinajstić information content (AvgIpc) is 3.87. The van der Waals surface area contributed by atoms with Crippen LogP contribution < -0.4 is 0 Å². The van der Waals surface area contributed by atoms with Gasteiger partial charge in [-0.15, -0.1) is 0 Å². The second-order valence-electron chi connectivity index (χ2n) is 23.4. The second kappa shape index (κ2) is 29.5. The lowest BCUT2D eigenvalue weighted by Gasteiger charge is -2.58. The highest BCUT2D eigenvalue weighted by Gasteiger charge is 2.59. The second-order valence-corrected chi connectivity index (χ2v) is 23.4. The predicted octanol–water partition coefficient (Wildman–Crippen LogP) is 15.2. The monoisotopic (exact) mass is 922 g/mol. The molecule has 0 amide bonds. The largest absolute Gasteiger partial charge is 0.463 e. The third-order valence-corrected chi connectivity index (χ3v) is 18.0. The van der Waals surface area contributed by atoms with Gasteiger partial charge < -0.3 is 18.9 Å². The molecule has 0 N–H and O–H groups in total. The lowest BCUT2D eigenvalue weighted by Crippen LogP contribution is -2.51. The van der Waals surface area contributed by atoms with Crippen molar-refractivity contribution in [3.05, 3.63) is 23.8 Å². The van der Waals surface area contributed by atoms with Crippen molar-refractivity contribution in [3.63, 3.8) is 0 Å². The van der Waals surface area contributed by atoms with Gasteiger partial charge in [-0.1, -0.05) is 142 Å². The highest BCUT2D eigenvalue weighted by atomic mass is 16.6. The molecule has 5 rings (SSSR count). The first-order valence-corrected chi connectivity index (χ1v) is 28.6. The zero-order valence-electron chi connectivity index (χ0n) is 44.1. The molecule has 0 spiro atoms. The van der Waals surface area contributed by atoms with Gasteiger partial charge >= 0.3 is 11.9 Å². The molecule has 4 fully saturated rings. The molecule has 5 aliphatic rings. The molecule has 10 atom stereocenters. The van der Waals surface area contributed by atoms with E-state index in [0.29, 0.717) is 24.7 Å². The van der Waals surface area contributed by atoms with E-state index < -0.39 is 0 Å². The Morgan fingerprint density at radius 3 is 2.20 bits per heavy atom. The summed E-state index contributed by atoms with van der Waals surface area (Å²) >= 11 is 0. The van der Waals surface area contributed by atoms with E-state index in [1.54, 1.807) is 0 Å². The van der Waals surface area contributed by atoms with Crippen LogP contribution in [0, 0.1) is 46.3 Å². The number of carbonyl (C=O) groups excluding carboxylic acids is 2. The quantitative estimate of drug-likeness (QED) is 0.0369. The van der Waals surface area contributed by atoms with Crippen molar-refractivity contribution in [2.24, 2.45) is 46.3 Å². The van der Waals surface area contributed by atoms with E-state index in [1.165, 1.54) is 153 Å². The lowest BCUT2D eigenvalue weighted by molar-refractivity contribution is -0.156. The molecular formula is C59H103NO6. The fourth-order valence-electron chi connectivity index (χ4n) is 14.0. The van der Waals surface area contributed by atoms with Gasteiger partial charge in [0.1, 0.15) is 12.7 Å². The van der Waals surface area contributed by atoms with Gasteiger partial charge in [-0.2, -0.15) is 0 Å². The summed E-state index contributed by atoms with van der Waals surface area (Å²) in [6.45, 7) is 20.9. The van der Waals surface area contributed by atoms with Gasteiger partial charge in [0.25, 0.3) is 0 Å². The number of rotatable bonds is 33. The Morgan fingerprint density at radius 1 is 0.773 bits per heavy atom. The first kappa shape index (κ1) is 55.2.